The van der Waals surface area contributed by atoms with Crippen molar-refractivity contribution in [2.75, 3.05) is 23.7 Å². The molecule has 1 aliphatic heterocycles. The van der Waals surface area contributed by atoms with Crippen LogP contribution >= 0.6 is 11.3 Å². The van der Waals surface area contributed by atoms with E-state index in [1.54, 1.807) is 11.0 Å². The zero-order chi connectivity index (χ0) is 22.8. The molecule has 3 aromatic rings. The van der Waals surface area contributed by atoms with Gasteiger partial charge >= 0.3 is 0 Å². The number of anilines is 2. The van der Waals surface area contributed by atoms with Crippen molar-refractivity contribution in [1.29, 1.82) is 0 Å². The van der Waals surface area contributed by atoms with Crippen molar-refractivity contribution in [3.8, 4) is 0 Å². The lowest BCUT2D eigenvalue weighted by molar-refractivity contribution is -0.121. The van der Waals surface area contributed by atoms with Crippen LogP contribution in [0.5, 0.6) is 0 Å². The molecular weight excluding hydrogens is 424 g/mol. The summed E-state index contributed by atoms with van der Waals surface area (Å²) in [4.78, 5) is 43.4. The number of aromatic nitrogens is 1. The van der Waals surface area contributed by atoms with E-state index in [-0.39, 0.29) is 23.6 Å². The summed E-state index contributed by atoms with van der Waals surface area (Å²) in [5, 5.41) is 6.20. The largest absolute Gasteiger partial charge is 0.338 e. The van der Waals surface area contributed by atoms with Gasteiger partial charge in [-0.25, -0.2) is 4.98 Å². The molecule has 166 valence electrons. The summed E-state index contributed by atoms with van der Waals surface area (Å²) in [6.45, 7) is 6.47. The third-order valence-corrected chi connectivity index (χ3v) is 6.42. The number of benzene rings is 2. The summed E-state index contributed by atoms with van der Waals surface area (Å²) in [6, 6.07) is 11.3. The lowest BCUT2D eigenvalue weighted by Gasteiger charge is -2.32. The number of amides is 3. The van der Waals surface area contributed by atoms with E-state index < -0.39 is 0 Å². The highest BCUT2D eigenvalue weighted by Crippen LogP contribution is 2.29. The summed E-state index contributed by atoms with van der Waals surface area (Å²) in [6.07, 6.45) is 1.54. The van der Waals surface area contributed by atoms with Gasteiger partial charge in [0.15, 0.2) is 5.13 Å². The van der Waals surface area contributed by atoms with Gasteiger partial charge in [-0.15, -0.1) is 0 Å². The number of nitrogens with zero attached hydrogens (tertiary/aromatic N) is 2. The molecule has 1 saturated heterocycles. The Morgan fingerprint density at radius 1 is 1.06 bits per heavy atom. The highest BCUT2D eigenvalue weighted by molar-refractivity contribution is 7.22. The molecule has 3 amide bonds. The molecule has 7 nitrogen and oxygen atoms in total. The maximum absolute atomic E-state index is 13.0. The Bertz CT molecular complexity index is 1180. The fourth-order valence-electron chi connectivity index (χ4n) is 4.11. The van der Waals surface area contributed by atoms with Gasteiger partial charge in [0.2, 0.25) is 11.8 Å². The molecule has 0 spiro atoms. The van der Waals surface area contributed by atoms with Crippen LogP contribution in [0.2, 0.25) is 0 Å². The number of carbonyl (C=O) groups excluding carboxylic acids is 3. The summed E-state index contributed by atoms with van der Waals surface area (Å²) >= 11 is 1.36. The molecule has 4 rings (SSSR count). The van der Waals surface area contributed by atoms with Gasteiger partial charge in [0.05, 0.1) is 16.1 Å². The van der Waals surface area contributed by atoms with Gasteiger partial charge in [-0.2, -0.15) is 0 Å². The molecule has 2 aromatic carbocycles. The smallest absolute Gasteiger partial charge is 0.253 e. The predicted octanol–water partition coefficient (Wildman–Crippen LogP) is 4.36. The van der Waals surface area contributed by atoms with Gasteiger partial charge in [-0.05, 0) is 57.0 Å². The lowest BCUT2D eigenvalue weighted by Crippen LogP contribution is -2.43. The first-order valence-electron chi connectivity index (χ1n) is 10.6. The predicted molar refractivity (Wildman–Crippen MR) is 127 cm³/mol. The molecule has 0 radical (unpaired) electrons. The number of aryl methyl sites for hydroxylation is 2. The van der Waals surface area contributed by atoms with Crippen LogP contribution in [0.4, 0.5) is 10.8 Å². The van der Waals surface area contributed by atoms with Crippen molar-refractivity contribution in [3.05, 3.63) is 53.1 Å². The number of hydrogen-bond donors (Lipinski definition) is 2. The molecule has 1 aliphatic rings. The van der Waals surface area contributed by atoms with Gasteiger partial charge < -0.3 is 15.5 Å². The summed E-state index contributed by atoms with van der Waals surface area (Å²) in [7, 11) is 0. The zero-order valence-corrected chi connectivity index (χ0v) is 19.2. The topological polar surface area (TPSA) is 91.4 Å². The molecule has 1 fully saturated rings. The van der Waals surface area contributed by atoms with Crippen LogP contribution in [-0.4, -0.2) is 40.7 Å². The number of thiazole rings is 1. The molecular formula is C24H26N4O3S. The Morgan fingerprint density at radius 3 is 2.53 bits per heavy atom. The molecule has 32 heavy (non-hydrogen) atoms. The van der Waals surface area contributed by atoms with E-state index in [4.69, 9.17) is 0 Å². The molecule has 8 heteroatoms. The Hall–Kier alpha value is -3.26. The van der Waals surface area contributed by atoms with Crippen LogP contribution < -0.4 is 10.6 Å². The number of likely N-dealkylation sites (tertiary alicyclic amines) is 1. The van der Waals surface area contributed by atoms with Gasteiger partial charge in [-0.3, -0.25) is 14.4 Å². The third kappa shape index (κ3) is 4.96. The summed E-state index contributed by atoms with van der Waals surface area (Å²) < 4.78 is 0.877. The van der Waals surface area contributed by atoms with Gasteiger partial charge in [0, 0.05) is 31.3 Å². The van der Waals surface area contributed by atoms with E-state index in [0.29, 0.717) is 29.5 Å². The molecule has 0 bridgehead atoms. The number of piperidine rings is 1. The summed E-state index contributed by atoms with van der Waals surface area (Å²) in [5.41, 5.74) is 4.23. The Balaban J connectivity index is 1.44. The number of carbonyl (C=O) groups is 3. The molecule has 2 heterocycles. The average molecular weight is 451 g/mol. The second-order valence-electron chi connectivity index (χ2n) is 8.34. The molecule has 0 aliphatic carbocycles. The Kier molecular flexibility index (Phi) is 6.23. The average Bonchev–Trinajstić information content (AvgIpc) is 3.13. The molecule has 1 atom stereocenters. The van der Waals surface area contributed by atoms with E-state index in [2.05, 4.69) is 15.6 Å². The zero-order valence-electron chi connectivity index (χ0n) is 18.4. The standard InChI is InChI=1S/C24H26N4O3S/c1-14-9-15(2)11-18(10-14)23(31)28-8-4-5-17(13-28)22(30)26-19-6-7-20-21(12-19)32-24(27-20)25-16(3)29/h6-7,9-12,17H,4-5,8,13H2,1-3H3,(H,26,30)(H,25,27,29). The van der Waals surface area contributed by atoms with Crippen molar-refractivity contribution >= 4 is 50.1 Å². The van der Waals surface area contributed by atoms with E-state index in [9.17, 15) is 14.4 Å². The molecule has 2 N–H and O–H groups in total. The SMILES string of the molecule is CC(=O)Nc1nc2ccc(NC(=O)C3CCCN(C(=O)c4cc(C)cc(C)c4)C3)cc2s1. The number of rotatable bonds is 4. The maximum atomic E-state index is 13.0. The minimum Gasteiger partial charge on any atom is -0.338 e. The first-order chi connectivity index (χ1) is 15.3. The normalized spacial score (nSPS) is 16.1. The maximum Gasteiger partial charge on any atom is 0.253 e. The van der Waals surface area contributed by atoms with Crippen molar-refractivity contribution in [2.45, 2.75) is 33.6 Å². The first-order valence-corrected chi connectivity index (χ1v) is 11.5. The van der Waals surface area contributed by atoms with Gasteiger partial charge in [0.25, 0.3) is 5.91 Å². The molecule has 1 aromatic heterocycles. The van der Waals surface area contributed by atoms with E-state index in [0.717, 1.165) is 34.2 Å². The van der Waals surface area contributed by atoms with E-state index >= 15 is 0 Å². The first kappa shape index (κ1) is 22.0. The molecule has 0 saturated carbocycles. The minimum atomic E-state index is -0.259. The molecule has 1 unspecified atom stereocenters. The Morgan fingerprint density at radius 2 is 1.81 bits per heavy atom. The lowest BCUT2D eigenvalue weighted by atomic mass is 9.96. The second kappa shape index (κ2) is 9.08. The van der Waals surface area contributed by atoms with Crippen LogP contribution in [0.25, 0.3) is 10.2 Å². The fourth-order valence-corrected chi connectivity index (χ4v) is 5.06. The second-order valence-corrected chi connectivity index (χ2v) is 9.37. The van der Waals surface area contributed by atoms with Crippen LogP contribution in [-0.2, 0) is 9.59 Å². The van der Waals surface area contributed by atoms with Crippen molar-refractivity contribution in [1.82, 2.24) is 9.88 Å². The van der Waals surface area contributed by atoms with E-state index in [1.807, 2.05) is 44.2 Å². The van der Waals surface area contributed by atoms with Crippen molar-refractivity contribution < 1.29 is 14.4 Å². The highest BCUT2D eigenvalue weighted by Gasteiger charge is 2.29. The van der Waals surface area contributed by atoms with Crippen LogP contribution in [0.15, 0.2) is 36.4 Å². The van der Waals surface area contributed by atoms with Crippen molar-refractivity contribution in [3.63, 3.8) is 0 Å². The number of nitrogens with one attached hydrogen (secondary N) is 2. The van der Waals surface area contributed by atoms with Gasteiger partial charge in [0.1, 0.15) is 0 Å². The van der Waals surface area contributed by atoms with Gasteiger partial charge in [-0.1, -0.05) is 28.5 Å². The number of fused-ring (bicyclic) bond motifs is 1. The highest BCUT2D eigenvalue weighted by atomic mass is 32.1. The monoisotopic (exact) mass is 450 g/mol. The van der Waals surface area contributed by atoms with E-state index in [1.165, 1.54) is 18.3 Å². The minimum absolute atomic E-state index is 0.0223. The number of hydrogen-bond acceptors (Lipinski definition) is 5. The fraction of sp³-hybridized carbons (Fsp3) is 0.333. The van der Waals surface area contributed by atoms with Crippen LogP contribution in [0.1, 0.15) is 41.3 Å². The third-order valence-electron chi connectivity index (χ3n) is 5.49. The quantitative estimate of drug-likeness (QED) is 0.618. The van der Waals surface area contributed by atoms with Crippen LogP contribution in [0.3, 0.4) is 0 Å². The summed E-state index contributed by atoms with van der Waals surface area (Å²) in [5.74, 6) is -0.541. The van der Waals surface area contributed by atoms with Crippen molar-refractivity contribution in [2.24, 2.45) is 5.92 Å². The van der Waals surface area contributed by atoms with Crippen LogP contribution in [0, 0.1) is 19.8 Å². The Labute approximate surface area is 190 Å².